The van der Waals surface area contributed by atoms with Gasteiger partial charge >= 0.3 is 0 Å². The van der Waals surface area contributed by atoms with Crippen LogP contribution in [-0.4, -0.2) is 96.2 Å². The number of rotatable bonds is 23. The molecule has 2 heterocycles. The molecule has 17 heteroatoms. The zero-order valence-corrected chi connectivity index (χ0v) is 36.8. The number of guanidine groups is 1. The number of hydrogen-bond donors (Lipinski definition) is 9. The third-order valence-corrected chi connectivity index (χ3v) is 11.6. The van der Waals surface area contributed by atoms with Gasteiger partial charge in [0.05, 0.1) is 6.54 Å². The fourth-order valence-electron chi connectivity index (χ4n) is 8.00. The van der Waals surface area contributed by atoms with Gasteiger partial charge in [-0.2, -0.15) is 0 Å². The molecule has 17 nitrogen and oxygen atoms in total. The smallest absolute Gasteiger partial charge is 0.246 e. The summed E-state index contributed by atoms with van der Waals surface area (Å²) in [7, 11) is 0. The van der Waals surface area contributed by atoms with Crippen molar-refractivity contribution in [1.29, 1.82) is 0 Å². The number of aromatic nitrogens is 1. The number of nitrogens with one attached hydrogen (secondary N) is 6. The van der Waals surface area contributed by atoms with E-state index >= 15 is 0 Å². The number of carbonyl (C=O) groups is 6. The Bertz CT molecular complexity index is 2250. The quantitative estimate of drug-likeness (QED) is 0.0300. The van der Waals surface area contributed by atoms with Crippen LogP contribution in [0.4, 0.5) is 5.69 Å². The highest BCUT2D eigenvalue weighted by Crippen LogP contribution is 2.29. The van der Waals surface area contributed by atoms with Crippen LogP contribution in [0.15, 0.2) is 90.1 Å². The third kappa shape index (κ3) is 13.8. The van der Waals surface area contributed by atoms with Crippen molar-refractivity contribution in [2.75, 3.05) is 31.1 Å². The first-order chi connectivity index (χ1) is 30.8. The van der Waals surface area contributed by atoms with E-state index in [9.17, 15) is 28.8 Å². The Hall–Kier alpha value is -6.91. The van der Waals surface area contributed by atoms with Crippen molar-refractivity contribution in [1.82, 2.24) is 31.6 Å². The number of benzene rings is 3. The molecule has 12 N–H and O–H groups in total. The molecule has 1 saturated heterocycles. The summed E-state index contributed by atoms with van der Waals surface area (Å²) in [6.45, 7) is 4.68. The lowest BCUT2D eigenvalue weighted by atomic mass is 9.85. The lowest BCUT2D eigenvalue weighted by Gasteiger charge is -2.43. The van der Waals surface area contributed by atoms with E-state index in [-0.39, 0.29) is 63.4 Å². The number of carbonyl (C=O) groups excluding carboxylic acids is 6. The van der Waals surface area contributed by atoms with Crippen molar-refractivity contribution < 1.29 is 28.8 Å². The molecule has 1 aliphatic heterocycles. The Morgan fingerprint density at radius 3 is 2.12 bits per heavy atom. The number of hydrogen-bond acceptors (Lipinski definition) is 8. The third-order valence-electron chi connectivity index (χ3n) is 11.6. The van der Waals surface area contributed by atoms with E-state index in [1.165, 1.54) is 0 Å². The van der Waals surface area contributed by atoms with Gasteiger partial charge in [-0.05, 0) is 80.7 Å². The first-order valence-electron chi connectivity index (χ1n) is 22.0. The molecule has 0 saturated carbocycles. The van der Waals surface area contributed by atoms with Gasteiger partial charge in [-0.1, -0.05) is 80.1 Å². The molecule has 1 fully saturated rings. The van der Waals surface area contributed by atoms with Crippen LogP contribution < -0.4 is 48.7 Å². The van der Waals surface area contributed by atoms with Crippen molar-refractivity contribution in [3.63, 3.8) is 0 Å². The number of piperidine rings is 1. The van der Waals surface area contributed by atoms with Crippen LogP contribution in [0.3, 0.4) is 0 Å². The summed E-state index contributed by atoms with van der Waals surface area (Å²) < 4.78 is 0. The first-order valence-corrected chi connectivity index (χ1v) is 22.0. The number of nitrogens with two attached hydrogens (primary N) is 3. The Labute approximate surface area is 374 Å². The second kappa shape index (κ2) is 23.5. The van der Waals surface area contributed by atoms with Crippen LogP contribution in [0.25, 0.3) is 10.9 Å². The molecule has 6 amide bonds. The minimum Gasteiger partial charge on any atom is -0.371 e. The minimum atomic E-state index is -1.31. The SMILES string of the molecule is CCCCC(=O)NC1(C(=O)N[C@H](Cc2ccccc2)C(=O)N[C@@H](CCCN=C(N)N)C(=O)N[C@@H](CCc2c[nH]c3ccccc23)C(=O)NCC(N)=O)CCN(c2ccccc2C)CC1. The van der Waals surface area contributed by atoms with Crippen LogP contribution in [0.1, 0.15) is 75.0 Å². The van der Waals surface area contributed by atoms with Crippen LogP contribution in [-0.2, 0) is 41.6 Å². The first kappa shape index (κ1) is 48.1. The normalized spacial score (nSPS) is 14.6. The van der Waals surface area contributed by atoms with E-state index in [1.54, 1.807) is 0 Å². The number of anilines is 1. The van der Waals surface area contributed by atoms with E-state index in [2.05, 4.69) is 41.5 Å². The molecule has 3 atom stereocenters. The number of amides is 6. The van der Waals surface area contributed by atoms with Crippen molar-refractivity contribution in [3.05, 3.63) is 102 Å². The molecule has 0 aliphatic carbocycles. The molecule has 0 spiro atoms. The predicted molar refractivity (Wildman–Crippen MR) is 248 cm³/mol. The fourth-order valence-corrected chi connectivity index (χ4v) is 8.00. The fraction of sp³-hybridized carbons (Fsp3) is 0.426. The number of aliphatic imine (C=N–C) groups is 1. The Morgan fingerprint density at radius 1 is 0.781 bits per heavy atom. The Balaban J connectivity index is 1.40. The van der Waals surface area contributed by atoms with Gasteiger partial charge in [0.1, 0.15) is 23.7 Å². The van der Waals surface area contributed by atoms with Gasteiger partial charge in [0.15, 0.2) is 5.96 Å². The number of fused-ring (bicyclic) bond motifs is 1. The summed E-state index contributed by atoms with van der Waals surface area (Å²) in [5, 5.41) is 15.2. The molecule has 0 radical (unpaired) electrons. The number of unbranched alkanes of at least 4 members (excludes halogenated alkanes) is 1. The molecular formula is C47H63N11O6. The van der Waals surface area contributed by atoms with Crippen molar-refractivity contribution in [2.45, 2.75) is 102 Å². The molecular weight excluding hydrogens is 815 g/mol. The van der Waals surface area contributed by atoms with E-state index in [1.807, 2.05) is 98.9 Å². The maximum atomic E-state index is 14.7. The number of H-pyrrole nitrogens is 1. The second-order valence-corrected chi connectivity index (χ2v) is 16.4. The number of aromatic amines is 1. The minimum absolute atomic E-state index is 0.0601. The van der Waals surface area contributed by atoms with Gasteiger partial charge < -0.3 is 53.7 Å². The van der Waals surface area contributed by atoms with Gasteiger partial charge in [-0.25, -0.2) is 0 Å². The molecule has 64 heavy (non-hydrogen) atoms. The molecule has 342 valence electrons. The Kier molecular flexibility index (Phi) is 17.7. The van der Waals surface area contributed by atoms with Crippen LogP contribution >= 0.6 is 0 Å². The van der Waals surface area contributed by atoms with Gasteiger partial charge in [0, 0.05) is 55.3 Å². The topological polar surface area (TPSA) is 272 Å². The summed E-state index contributed by atoms with van der Waals surface area (Å²) in [4.78, 5) is 91.5. The van der Waals surface area contributed by atoms with Crippen LogP contribution in [0.2, 0.25) is 0 Å². The van der Waals surface area contributed by atoms with Gasteiger partial charge in [-0.3, -0.25) is 33.8 Å². The van der Waals surface area contributed by atoms with Crippen LogP contribution in [0.5, 0.6) is 0 Å². The number of para-hydroxylation sites is 2. The van der Waals surface area contributed by atoms with E-state index in [4.69, 9.17) is 17.2 Å². The lowest BCUT2D eigenvalue weighted by molar-refractivity contribution is -0.138. The highest BCUT2D eigenvalue weighted by Gasteiger charge is 2.44. The van der Waals surface area contributed by atoms with E-state index in [0.717, 1.165) is 39.7 Å². The molecule has 0 unspecified atom stereocenters. The number of primary amides is 1. The lowest BCUT2D eigenvalue weighted by Crippen LogP contribution is -2.66. The summed E-state index contributed by atoms with van der Waals surface area (Å²) in [5.41, 5.74) is 19.9. The zero-order valence-electron chi connectivity index (χ0n) is 36.8. The molecule has 0 bridgehead atoms. The van der Waals surface area contributed by atoms with Crippen LogP contribution in [0, 0.1) is 6.92 Å². The molecule has 5 rings (SSSR count). The highest BCUT2D eigenvalue weighted by molar-refractivity contribution is 5.97. The monoisotopic (exact) mass is 877 g/mol. The summed E-state index contributed by atoms with van der Waals surface area (Å²) in [6.07, 6.45) is 5.05. The maximum Gasteiger partial charge on any atom is 0.246 e. The number of aryl methyl sites for hydroxylation is 2. The average Bonchev–Trinajstić information content (AvgIpc) is 3.70. The highest BCUT2D eigenvalue weighted by atomic mass is 16.2. The summed E-state index contributed by atoms with van der Waals surface area (Å²) in [5.74, 6) is -3.62. The largest absolute Gasteiger partial charge is 0.371 e. The van der Waals surface area contributed by atoms with Crippen molar-refractivity contribution in [3.8, 4) is 0 Å². The molecule has 3 aromatic carbocycles. The van der Waals surface area contributed by atoms with E-state index in [0.29, 0.717) is 25.9 Å². The number of nitrogens with zero attached hydrogens (tertiary/aromatic N) is 2. The van der Waals surface area contributed by atoms with Gasteiger partial charge in [-0.15, -0.1) is 0 Å². The molecule has 1 aliphatic rings. The van der Waals surface area contributed by atoms with Crippen molar-refractivity contribution >= 4 is 58.0 Å². The molecule has 1 aromatic heterocycles. The predicted octanol–water partition coefficient (Wildman–Crippen LogP) is 2.11. The summed E-state index contributed by atoms with van der Waals surface area (Å²) >= 11 is 0. The maximum absolute atomic E-state index is 14.7. The molecule has 4 aromatic rings. The zero-order chi connectivity index (χ0) is 46.1. The van der Waals surface area contributed by atoms with Gasteiger partial charge in [0.25, 0.3) is 0 Å². The summed E-state index contributed by atoms with van der Waals surface area (Å²) in [6, 6.07) is 21.3. The standard InChI is InChI=1S/C47H63N11O6/c1-3-4-20-41(60)57-47(23-26-58(27-24-47)39-19-11-8-13-31(39)2)45(64)56-38(28-32-14-6-5-7-15-32)44(63)54-36(18-12-25-51-46(49)50)43(62)55-37(42(61)53-30-40(48)59)22-21-33-29-52-35-17-10-9-16-34(33)35/h5-11,13-17,19,29,36-38,52H,3-4,12,18,20-28,30H2,1-2H3,(H2,48,59)(H,53,61)(H,54,63)(H,55,62)(H,56,64)(H,57,60)(H4,49,50,51)/t36-,37-,38+/m0/s1. The van der Waals surface area contributed by atoms with Gasteiger partial charge in [0.2, 0.25) is 35.4 Å². The van der Waals surface area contributed by atoms with E-state index < -0.39 is 59.7 Å². The average molecular weight is 878 g/mol. The van der Waals surface area contributed by atoms with Crippen molar-refractivity contribution in [2.24, 2.45) is 22.2 Å². The second-order valence-electron chi connectivity index (χ2n) is 16.4. The Morgan fingerprint density at radius 2 is 1.44 bits per heavy atom.